The number of hydrogen-bond donors (Lipinski definition) is 1. The molecule has 1 aliphatic rings. The van der Waals surface area contributed by atoms with Crippen LogP contribution in [0.4, 0.5) is 11.4 Å². The molecule has 1 aliphatic heterocycles. The van der Waals surface area contributed by atoms with Gasteiger partial charge in [0.25, 0.3) is 0 Å². The van der Waals surface area contributed by atoms with Crippen LogP contribution in [-0.4, -0.2) is 42.8 Å². The van der Waals surface area contributed by atoms with Gasteiger partial charge in [0.2, 0.25) is 5.91 Å². The van der Waals surface area contributed by atoms with Crippen LogP contribution in [0, 0.1) is 0 Å². The van der Waals surface area contributed by atoms with Gasteiger partial charge in [-0.05, 0) is 63.9 Å². The van der Waals surface area contributed by atoms with Crippen LogP contribution < -0.4 is 10.2 Å². The lowest BCUT2D eigenvalue weighted by Crippen LogP contribution is -2.39. The summed E-state index contributed by atoms with van der Waals surface area (Å²) in [5.74, 6) is -0.0933. The monoisotopic (exact) mass is 393 g/mol. The second kappa shape index (κ2) is 9.70. The van der Waals surface area contributed by atoms with Crippen LogP contribution in [0.25, 0.3) is 0 Å². The molecule has 0 aliphatic carbocycles. The van der Waals surface area contributed by atoms with Crippen LogP contribution in [0.5, 0.6) is 0 Å². The molecule has 1 atom stereocenters. The van der Waals surface area contributed by atoms with Crippen molar-refractivity contribution in [3.8, 4) is 0 Å². The first kappa shape index (κ1) is 21.1. The molecule has 5 heteroatoms. The topological polar surface area (TPSA) is 52.7 Å². The first-order chi connectivity index (χ1) is 14.0. The summed E-state index contributed by atoms with van der Waals surface area (Å²) in [6.45, 7) is 6.34. The number of ketones is 1. The molecule has 5 nitrogen and oxygen atoms in total. The minimum absolute atomic E-state index is 0.0133. The fraction of sp³-hybridized carbons (Fsp3) is 0.417. The molecular weight excluding hydrogens is 362 g/mol. The minimum Gasteiger partial charge on any atom is -0.371 e. The van der Waals surface area contributed by atoms with E-state index in [4.69, 9.17) is 0 Å². The average Bonchev–Trinajstić information content (AvgIpc) is 2.74. The van der Waals surface area contributed by atoms with E-state index in [9.17, 15) is 9.59 Å². The Balaban J connectivity index is 1.66. The summed E-state index contributed by atoms with van der Waals surface area (Å²) >= 11 is 0. The Labute approximate surface area is 173 Å². The van der Waals surface area contributed by atoms with Crippen LogP contribution in [0.1, 0.15) is 49.0 Å². The Morgan fingerprint density at radius 2 is 1.79 bits per heavy atom. The summed E-state index contributed by atoms with van der Waals surface area (Å²) in [4.78, 5) is 28.9. The predicted octanol–water partition coefficient (Wildman–Crippen LogP) is 4.34. The predicted molar refractivity (Wildman–Crippen MR) is 119 cm³/mol. The molecule has 0 bridgehead atoms. The van der Waals surface area contributed by atoms with E-state index >= 15 is 0 Å². The zero-order chi connectivity index (χ0) is 20.8. The van der Waals surface area contributed by atoms with Crippen LogP contribution in [0.2, 0.25) is 0 Å². The van der Waals surface area contributed by atoms with Gasteiger partial charge in [-0.1, -0.05) is 30.3 Å². The zero-order valence-electron chi connectivity index (χ0n) is 17.6. The maximum absolute atomic E-state index is 12.8. The lowest BCUT2D eigenvalue weighted by Gasteiger charge is -2.32. The maximum atomic E-state index is 12.8. The van der Waals surface area contributed by atoms with E-state index in [0.29, 0.717) is 17.8 Å². The first-order valence-electron chi connectivity index (χ1n) is 10.4. The highest BCUT2D eigenvalue weighted by Gasteiger charge is 2.21. The summed E-state index contributed by atoms with van der Waals surface area (Å²) in [6.07, 6.45) is 3.78. The van der Waals surface area contributed by atoms with Gasteiger partial charge in [0.05, 0.1) is 6.04 Å². The second-order valence-electron chi connectivity index (χ2n) is 7.89. The molecule has 0 spiro atoms. The standard InChI is InChI=1S/C24H31N3O2/c1-18(24(29)25-22-12-9-11-20(16-22)19(2)28)26(3)17-21-10-5-6-13-23(21)27-14-7-4-8-15-27/h5-6,9-13,16,18H,4,7-8,14-15,17H2,1-3H3,(H,25,29)/t18-/m0/s1. The molecule has 1 heterocycles. The van der Waals surface area contributed by atoms with Crippen molar-refractivity contribution in [1.82, 2.24) is 4.90 Å². The van der Waals surface area contributed by atoms with Crippen molar-refractivity contribution in [3.63, 3.8) is 0 Å². The number of para-hydroxylation sites is 1. The quantitative estimate of drug-likeness (QED) is 0.711. The Kier molecular flexibility index (Phi) is 7.04. The Morgan fingerprint density at radius 1 is 1.07 bits per heavy atom. The van der Waals surface area contributed by atoms with Gasteiger partial charge < -0.3 is 10.2 Å². The Morgan fingerprint density at radius 3 is 2.52 bits per heavy atom. The highest BCUT2D eigenvalue weighted by molar-refractivity contribution is 5.98. The van der Waals surface area contributed by atoms with E-state index in [0.717, 1.165) is 13.1 Å². The number of nitrogens with zero attached hydrogens (tertiary/aromatic N) is 2. The highest BCUT2D eigenvalue weighted by Crippen LogP contribution is 2.25. The molecule has 3 rings (SSSR count). The molecule has 1 fully saturated rings. The van der Waals surface area contributed by atoms with Crippen molar-refractivity contribution in [3.05, 3.63) is 59.7 Å². The molecule has 0 radical (unpaired) electrons. The van der Waals surface area contributed by atoms with Crippen molar-refractivity contribution in [2.45, 2.75) is 45.7 Å². The summed E-state index contributed by atoms with van der Waals surface area (Å²) in [5, 5.41) is 2.94. The Hall–Kier alpha value is -2.66. The van der Waals surface area contributed by atoms with E-state index in [1.165, 1.54) is 37.4 Å². The number of carbonyl (C=O) groups excluding carboxylic acids is 2. The van der Waals surface area contributed by atoms with Gasteiger partial charge in [0, 0.05) is 36.6 Å². The van der Waals surface area contributed by atoms with Crippen LogP contribution >= 0.6 is 0 Å². The molecule has 1 amide bonds. The molecule has 0 aromatic heterocycles. The van der Waals surface area contributed by atoms with Gasteiger partial charge in [0.15, 0.2) is 5.78 Å². The lowest BCUT2D eigenvalue weighted by atomic mass is 10.1. The number of likely N-dealkylation sites (N-methyl/N-ethyl adjacent to an activating group) is 1. The lowest BCUT2D eigenvalue weighted by molar-refractivity contribution is -0.120. The Bertz CT molecular complexity index is 859. The maximum Gasteiger partial charge on any atom is 0.241 e. The summed E-state index contributed by atoms with van der Waals surface area (Å²) in [7, 11) is 1.98. The third-order valence-corrected chi connectivity index (χ3v) is 5.69. The van der Waals surface area contributed by atoms with E-state index in [1.54, 1.807) is 18.2 Å². The number of nitrogens with one attached hydrogen (secondary N) is 1. The fourth-order valence-corrected chi connectivity index (χ4v) is 3.76. The molecule has 2 aromatic carbocycles. The highest BCUT2D eigenvalue weighted by atomic mass is 16.2. The summed E-state index contributed by atoms with van der Waals surface area (Å²) in [6, 6.07) is 15.3. The summed E-state index contributed by atoms with van der Waals surface area (Å²) < 4.78 is 0. The largest absolute Gasteiger partial charge is 0.371 e. The van der Waals surface area contributed by atoms with E-state index in [2.05, 4.69) is 39.4 Å². The van der Waals surface area contributed by atoms with Gasteiger partial charge in [-0.3, -0.25) is 14.5 Å². The minimum atomic E-state index is -0.301. The first-order valence-corrected chi connectivity index (χ1v) is 10.4. The van der Waals surface area contributed by atoms with Crippen molar-refractivity contribution >= 4 is 23.1 Å². The smallest absolute Gasteiger partial charge is 0.241 e. The van der Waals surface area contributed by atoms with E-state index in [1.807, 2.05) is 20.0 Å². The number of carbonyl (C=O) groups is 2. The zero-order valence-corrected chi connectivity index (χ0v) is 17.6. The molecule has 0 unspecified atom stereocenters. The molecule has 1 N–H and O–H groups in total. The molecule has 1 saturated heterocycles. The normalized spacial score (nSPS) is 15.2. The average molecular weight is 394 g/mol. The van der Waals surface area contributed by atoms with Gasteiger partial charge in [-0.2, -0.15) is 0 Å². The van der Waals surface area contributed by atoms with Crippen LogP contribution in [0.3, 0.4) is 0 Å². The summed E-state index contributed by atoms with van der Waals surface area (Å²) in [5.41, 5.74) is 3.77. The van der Waals surface area contributed by atoms with Crippen molar-refractivity contribution in [2.75, 3.05) is 30.4 Å². The van der Waals surface area contributed by atoms with Crippen molar-refractivity contribution in [1.29, 1.82) is 0 Å². The van der Waals surface area contributed by atoms with E-state index in [-0.39, 0.29) is 17.7 Å². The molecule has 154 valence electrons. The molecule has 2 aromatic rings. The number of rotatable bonds is 7. The number of benzene rings is 2. The third-order valence-electron chi connectivity index (χ3n) is 5.69. The van der Waals surface area contributed by atoms with Gasteiger partial charge in [0.1, 0.15) is 0 Å². The number of amides is 1. The van der Waals surface area contributed by atoms with Crippen molar-refractivity contribution in [2.24, 2.45) is 0 Å². The van der Waals surface area contributed by atoms with Gasteiger partial charge >= 0.3 is 0 Å². The van der Waals surface area contributed by atoms with Crippen LogP contribution in [-0.2, 0) is 11.3 Å². The molecule has 29 heavy (non-hydrogen) atoms. The SMILES string of the molecule is CC(=O)c1cccc(NC(=O)[C@H](C)N(C)Cc2ccccc2N2CCCCC2)c1. The molecular formula is C24H31N3O2. The van der Waals surface area contributed by atoms with E-state index < -0.39 is 0 Å². The number of Topliss-reactive ketones (excluding diaryl/α,β-unsaturated/α-hetero) is 1. The molecule has 0 saturated carbocycles. The number of anilines is 2. The fourth-order valence-electron chi connectivity index (χ4n) is 3.76. The van der Waals surface area contributed by atoms with Crippen LogP contribution in [0.15, 0.2) is 48.5 Å². The third kappa shape index (κ3) is 5.45. The second-order valence-corrected chi connectivity index (χ2v) is 7.89. The van der Waals surface area contributed by atoms with Crippen molar-refractivity contribution < 1.29 is 9.59 Å². The van der Waals surface area contributed by atoms with Gasteiger partial charge in [-0.15, -0.1) is 0 Å². The van der Waals surface area contributed by atoms with Gasteiger partial charge in [-0.25, -0.2) is 0 Å². The number of piperidine rings is 1. The number of hydrogen-bond acceptors (Lipinski definition) is 4.